The standard InChI is InChI=1S/C37H37N2O2S/c1-6-25(2)32-21-28(29-15-10-11-16-30(29)39(32)24-26-13-8-7-9-14-26)23-36-38(3)31-20-19-27(22-35(31)42-36)37-33(40-4)17-12-18-34(37)41-5/h7-23,25H,6,24H2,1-5H3/q+1. The summed E-state index contributed by atoms with van der Waals surface area (Å²) in [4.78, 5) is 2.51. The highest BCUT2D eigenvalue weighted by Gasteiger charge is 2.27. The zero-order valence-electron chi connectivity index (χ0n) is 24.9. The molecule has 2 heterocycles. The van der Waals surface area contributed by atoms with Crippen LogP contribution < -0.4 is 18.9 Å². The van der Waals surface area contributed by atoms with E-state index in [1.165, 1.54) is 43.3 Å². The van der Waals surface area contributed by atoms with Gasteiger partial charge in [-0.15, -0.1) is 0 Å². The molecule has 0 N–H and O–H groups in total. The smallest absolute Gasteiger partial charge is 0.263 e. The molecule has 1 atom stereocenters. The van der Waals surface area contributed by atoms with Crippen LogP contribution in [0.2, 0.25) is 0 Å². The van der Waals surface area contributed by atoms with Crippen LogP contribution in [0.3, 0.4) is 0 Å². The Bertz CT molecular complexity index is 1780. The highest BCUT2D eigenvalue weighted by molar-refractivity contribution is 7.19. The summed E-state index contributed by atoms with van der Waals surface area (Å²) in [5, 5.41) is 1.20. The molecule has 1 aliphatic heterocycles. The van der Waals surface area contributed by atoms with Crippen molar-refractivity contribution in [1.82, 2.24) is 0 Å². The minimum atomic E-state index is 0.431. The summed E-state index contributed by atoms with van der Waals surface area (Å²) in [6.07, 6.45) is 5.85. The third-order valence-corrected chi connectivity index (χ3v) is 9.43. The number of benzene rings is 4. The van der Waals surface area contributed by atoms with Crippen molar-refractivity contribution in [2.45, 2.75) is 26.8 Å². The molecular weight excluding hydrogens is 536 g/mol. The number of allylic oxidation sites excluding steroid dienone is 3. The first-order chi connectivity index (χ1) is 20.5. The fraction of sp³-hybridized carbons (Fsp3) is 0.216. The summed E-state index contributed by atoms with van der Waals surface area (Å²) in [5.74, 6) is 2.04. The maximum Gasteiger partial charge on any atom is 0.263 e. The quantitative estimate of drug-likeness (QED) is 0.173. The van der Waals surface area contributed by atoms with E-state index in [0.717, 1.165) is 35.6 Å². The molecule has 5 aromatic rings. The topological polar surface area (TPSA) is 25.6 Å². The summed E-state index contributed by atoms with van der Waals surface area (Å²) in [5.41, 5.74) is 9.70. The van der Waals surface area contributed by atoms with E-state index in [0.29, 0.717) is 5.92 Å². The molecule has 4 aromatic carbocycles. The van der Waals surface area contributed by atoms with Gasteiger partial charge in [-0.05, 0) is 65.4 Å². The van der Waals surface area contributed by atoms with E-state index in [9.17, 15) is 0 Å². The van der Waals surface area contributed by atoms with E-state index in [4.69, 9.17) is 9.47 Å². The van der Waals surface area contributed by atoms with Crippen LogP contribution in [-0.2, 0) is 13.6 Å². The lowest BCUT2D eigenvalue weighted by molar-refractivity contribution is -0.642. The number of rotatable bonds is 8. The largest absolute Gasteiger partial charge is 0.496 e. The van der Waals surface area contributed by atoms with Gasteiger partial charge in [-0.1, -0.05) is 79.8 Å². The molecule has 0 aliphatic carbocycles. The lowest BCUT2D eigenvalue weighted by Gasteiger charge is -2.36. The van der Waals surface area contributed by atoms with Crippen molar-refractivity contribution >= 4 is 38.9 Å². The number of ether oxygens (including phenoxy) is 2. The number of hydrogen-bond donors (Lipinski definition) is 0. The average molecular weight is 574 g/mol. The molecule has 0 spiro atoms. The van der Waals surface area contributed by atoms with Crippen LogP contribution in [0.4, 0.5) is 5.69 Å². The summed E-state index contributed by atoms with van der Waals surface area (Å²) < 4.78 is 14.9. The second-order valence-electron chi connectivity index (χ2n) is 10.8. The van der Waals surface area contributed by atoms with E-state index in [1.54, 1.807) is 14.2 Å². The Kier molecular flexibility index (Phi) is 7.86. The first kappa shape index (κ1) is 27.8. The van der Waals surface area contributed by atoms with Crippen molar-refractivity contribution in [3.05, 3.63) is 119 Å². The van der Waals surface area contributed by atoms with Gasteiger partial charge in [0.15, 0.2) is 0 Å². The van der Waals surface area contributed by atoms with Crippen LogP contribution in [0, 0.1) is 5.92 Å². The van der Waals surface area contributed by atoms with E-state index >= 15 is 0 Å². The highest BCUT2D eigenvalue weighted by atomic mass is 32.1. The van der Waals surface area contributed by atoms with E-state index in [-0.39, 0.29) is 0 Å². The molecule has 1 aliphatic rings. The van der Waals surface area contributed by atoms with Crippen molar-refractivity contribution < 1.29 is 14.0 Å². The number of hydrogen-bond acceptors (Lipinski definition) is 4. The first-order valence-corrected chi connectivity index (χ1v) is 15.3. The Morgan fingerprint density at radius 2 is 1.60 bits per heavy atom. The second-order valence-corrected chi connectivity index (χ2v) is 11.8. The van der Waals surface area contributed by atoms with Crippen LogP contribution in [0.15, 0.2) is 103 Å². The third-order valence-electron chi connectivity index (χ3n) is 8.28. The molecule has 0 saturated heterocycles. The van der Waals surface area contributed by atoms with Crippen LogP contribution in [0.1, 0.15) is 36.4 Å². The monoisotopic (exact) mass is 573 g/mol. The maximum atomic E-state index is 5.70. The summed E-state index contributed by atoms with van der Waals surface area (Å²) in [7, 11) is 5.57. The molecule has 0 amide bonds. The van der Waals surface area contributed by atoms with Crippen LogP contribution >= 0.6 is 11.3 Å². The molecule has 1 aromatic heterocycles. The molecule has 212 valence electrons. The maximum absolute atomic E-state index is 5.70. The van der Waals surface area contributed by atoms with Crippen molar-refractivity contribution in [2.75, 3.05) is 19.1 Å². The van der Waals surface area contributed by atoms with Gasteiger partial charge < -0.3 is 14.4 Å². The number of methoxy groups -OCH3 is 2. The van der Waals surface area contributed by atoms with Gasteiger partial charge >= 0.3 is 0 Å². The normalized spacial score (nSPS) is 14.5. The van der Waals surface area contributed by atoms with Gasteiger partial charge in [0.2, 0.25) is 5.52 Å². The van der Waals surface area contributed by atoms with E-state index in [2.05, 4.69) is 115 Å². The lowest BCUT2D eigenvalue weighted by atomic mass is 9.91. The lowest BCUT2D eigenvalue weighted by Crippen LogP contribution is -2.30. The van der Waals surface area contributed by atoms with Gasteiger partial charge in [0, 0.05) is 35.6 Å². The van der Waals surface area contributed by atoms with Gasteiger partial charge in [0.25, 0.3) is 5.01 Å². The number of fused-ring (bicyclic) bond motifs is 2. The fourth-order valence-corrected chi connectivity index (χ4v) is 6.95. The Balaban J connectivity index is 1.46. The molecule has 0 saturated carbocycles. The SMILES string of the molecule is CCC(C)C1=CC(=Cc2sc3cc(-c4c(OC)cccc4OC)ccc3[n+]2C)c2ccccc2N1Cc1ccccc1. The van der Waals surface area contributed by atoms with Gasteiger partial charge in [0.1, 0.15) is 23.2 Å². The number of aryl methyl sites for hydroxylation is 1. The van der Waals surface area contributed by atoms with Gasteiger partial charge in [-0.25, -0.2) is 0 Å². The number of aromatic nitrogens is 1. The van der Waals surface area contributed by atoms with Crippen LogP contribution in [0.5, 0.6) is 11.5 Å². The van der Waals surface area contributed by atoms with Crippen LogP contribution in [0.25, 0.3) is 33.0 Å². The third kappa shape index (κ3) is 5.10. The highest BCUT2D eigenvalue weighted by Crippen LogP contribution is 2.42. The van der Waals surface area contributed by atoms with E-state index < -0.39 is 0 Å². The summed E-state index contributed by atoms with van der Waals surface area (Å²) in [6.45, 7) is 5.46. The molecule has 0 radical (unpaired) electrons. The molecule has 1 unspecified atom stereocenters. The average Bonchev–Trinajstić information content (AvgIpc) is 3.35. The molecule has 6 rings (SSSR count). The number of anilines is 1. The minimum absolute atomic E-state index is 0.431. The number of para-hydroxylation sites is 1. The molecule has 4 nitrogen and oxygen atoms in total. The van der Waals surface area contributed by atoms with Gasteiger partial charge in [-0.2, -0.15) is 4.57 Å². The number of nitrogens with zero attached hydrogens (tertiary/aromatic N) is 2. The Morgan fingerprint density at radius 1 is 0.881 bits per heavy atom. The van der Waals surface area contributed by atoms with Crippen LogP contribution in [-0.4, -0.2) is 14.2 Å². The predicted octanol–water partition coefficient (Wildman–Crippen LogP) is 8.90. The molecule has 42 heavy (non-hydrogen) atoms. The van der Waals surface area contributed by atoms with Crippen molar-refractivity contribution in [1.29, 1.82) is 0 Å². The predicted molar refractivity (Wildman–Crippen MR) is 176 cm³/mol. The molecule has 0 fully saturated rings. The molecular formula is C37H37N2O2S+. The Hall–Kier alpha value is -4.35. The van der Waals surface area contributed by atoms with E-state index in [1.807, 2.05) is 29.5 Å². The summed E-state index contributed by atoms with van der Waals surface area (Å²) in [6, 6.07) is 32.1. The zero-order valence-corrected chi connectivity index (χ0v) is 25.7. The first-order valence-electron chi connectivity index (χ1n) is 14.5. The Labute approximate surface area is 252 Å². The summed E-state index contributed by atoms with van der Waals surface area (Å²) >= 11 is 1.81. The fourth-order valence-electron chi connectivity index (χ4n) is 5.81. The molecule has 0 bridgehead atoms. The van der Waals surface area contributed by atoms with Crippen molar-refractivity contribution in [3.63, 3.8) is 0 Å². The van der Waals surface area contributed by atoms with Gasteiger partial charge in [0.05, 0.1) is 19.8 Å². The second kappa shape index (κ2) is 11.9. The van der Waals surface area contributed by atoms with Crippen molar-refractivity contribution in [2.24, 2.45) is 13.0 Å². The van der Waals surface area contributed by atoms with Gasteiger partial charge in [-0.3, -0.25) is 0 Å². The minimum Gasteiger partial charge on any atom is -0.496 e. The molecule has 5 heteroatoms. The van der Waals surface area contributed by atoms with Crippen molar-refractivity contribution in [3.8, 4) is 22.6 Å². The Morgan fingerprint density at radius 3 is 2.31 bits per heavy atom. The zero-order chi connectivity index (χ0) is 29.2. The number of thiazole rings is 1.